The molecular formula is C10H18N2O5. The monoisotopic (exact) mass is 246 g/mol. The third-order valence-electron chi connectivity index (χ3n) is 2.81. The molecule has 2 fully saturated rings. The number of nitrogens with two attached hydrogens (primary N) is 1. The molecule has 2 rings (SSSR count). The molecule has 2 heterocycles. The van der Waals surface area contributed by atoms with Crippen LogP contribution in [0.2, 0.25) is 0 Å². The molecule has 7 heteroatoms. The molecule has 7 nitrogen and oxygen atoms in total. The predicted octanol–water partition coefficient (Wildman–Crippen LogP) is -1.04. The van der Waals surface area contributed by atoms with E-state index in [0.29, 0.717) is 12.1 Å². The van der Waals surface area contributed by atoms with Crippen LogP contribution in [0.15, 0.2) is 0 Å². The van der Waals surface area contributed by atoms with Gasteiger partial charge in [-0.05, 0) is 19.4 Å². The van der Waals surface area contributed by atoms with Crippen molar-refractivity contribution in [2.75, 3.05) is 26.3 Å². The minimum absolute atomic E-state index is 0.407. The van der Waals surface area contributed by atoms with Crippen LogP contribution in [0.4, 0.5) is 0 Å². The first kappa shape index (κ1) is 13.9. The molecule has 1 atom stereocenters. The predicted molar refractivity (Wildman–Crippen MR) is 58.7 cm³/mol. The molecule has 0 spiro atoms. The summed E-state index contributed by atoms with van der Waals surface area (Å²) in [6.45, 7) is 4.15. The number of ether oxygens (including phenoxy) is 1. The van der Waals surface area contributed by atoms with Crippen LogP contribution in [0.25, 0.3) is 0 Å². The minimum Gasteiger partial charge on any atom is -0.473 e. The van der Waals surface area contributed by atoms with E-state index in [4.69, 9.17) is 30.3 Å². The summed E-state index contributed by atoms with van der Waals surface area (Å²) in [7, 11) is 0. The molecule has 2 aliphatic rings. The Balaban J connectivity index is 0.000000209. The SMILES string of the molecule is N[C@H]1CCCN(C2COC2)C1.O=C(O)C(=O)O. The standard InChI is InChI=1S/C8H16N2O.C2H2O4/c9-7-2-1-3-10(4-7)8-5-11-6-8;3-1(4)2(5)6/h7-8H,1-6,9H2;(H,3,4)(H,5,6)/t7-;/m0./s1. The van der Waals surface area contributed by atoms with Crippen molar-refractivity contribution in [2.45, 2.75) is 24.9 Å². The molecule has 0 aliphatic carbocycles. The molecule has 0 aromatic carbocycles. The van der Waals surface area contributed by atoms with Crippen molar-refractivity contribution in [1.29, 1.82) is 0 Å². The van der Waals surface area contributed by atoms with Crippen molar-refractivity contribution < 1.29 is 24.5 Å². The van der Waals surface area contributed by atoms with Gasteiger partial charge in [-0.25, -0.2) is 9.59 Å². The first-order valence-corrected chi connectivity index (χ1v) is 5.54. The van der Waals surface area contributed by atoms with Gasteiger partial charge in [0.25, 0.3) is 0 Å². The Labute approximate surface area is 99.1 Å². The summed E-state index contributed by atoms with van der Waals surface area (Å²) in [5.41, 5.74) is 5.86. The number of nitrogens with zero attached hydrogens (tertiary/aromatic N) is 1. The van der Waals surface area contributed by atoms with E-state index in [1.165, 1.54) is 19.4 Å². The molecule has 17 heavy (non-hydrogen) atoms. The smallest absolute Gasteiger partial charge is 0.414 e. The lowest BCUT2D eigenvalue weighted by molar-refractivity contribution is -0.159. The normalized spacial score (nSPS) is 25.4. The van der Waals surface area contributed by atoms with Crippen molar-refractivity contribution in [2.24, 2.45) is 5.73 Å². The second kappa shape index (κ2) is 6.53. The van der Waals surface area contributed by atoms with Crippen molar-refractivity contribution in [3.8, 4) is 0 Å². The van der Waals surface area contributed by atoms with Crippen LogP contribution in [0, 0.1) is 0 Å². The van der Waals surface area contributed by atoms with Gasteiger partial charge in [-0.3, -0.25) is 4.90 Å². The Kier molecular flexibility index (Phi) is 5.33. The van der Waals surface area contributed by atoms with Crippen LogP contribution in [0.1, 0.15) is 12.8 Å². The van der Waals surface area contributed by atoms with Crippen LogP contribution in [-0.2, 0) is 14.3 Å². The summed E-state index contributed by atoms with van der Waals surface area (Å²) >= 11 is 0. The summed E-state index contributed by atoms with van der Waals surface area (Å²) in [4.78, 5) is 20.7. The van der Waals surface area contributed by atoms with Gasteiger partial charge >= 0.3 is 11.9 Å². The van der Waals surface area contributed by atoms with E-state index in [2.05, 4.69) is 4.90 Å². The topological polar surface area (TPSA) is 113 Å². The maximum Gasteiger partial charge on any atom is 0.414 e. The van der Waals surface area contributed by atoms with Gasteiger partial charge in [0, 0.05) is 12.6 Å². The van der Waals surface area contributed by atoms with Gasteiger partial charge in [0.15, 0.2) is 0 Å². The van der Waals surface area contributed by atoms with Crippen LogP contribution in [0.3, 0.4) is 0 Å². The van der Waals surface area contributed by atoms with Gasteiger partial charge in [-0.1, -0.05) is 0 Å². The van der Waals surface area contributed by atoms with E-state index in [1.807, 2.05) is 0 Å². The molecule has 98 valence electrons. The van der Waals surface area contributed by atoms with Gasteiger partial charge in [-0.2, -0.15) is 0 Å². The lowest BCUT2D eigenvalue weighted by Gasteiger charge is -2.41. The summed E-state index contributed by atoms with van der Waals surface area (Å²) < 4.78 is 5.14. The first-order valence-electron chi connectivity index (χ1n) is 5.54. The molecule has 0 amide bonds. The number of piperidine rings is 1. The number of carboxylic acids is 2. The molecule has 0 aromatic rings. The highest BCUT2D eigenvalue weighted by molar-refractivity contribution is 6.27. The second-order valence-electron chi connectivity index (χ2n) is 4.20. The zero-order valence-electron chi connectivity index (χ0n) is 9.54. The molecule has 0 radical (unpaired) electrons. The van der Waals surface area contributed by atoms with Gasteiger partial charge in [-0.15, -0.1) is 0 Å². The van der Waals surface area contributed by atoms with E-state index >= 15 is 0 Å². The van der Waals surface area contributed by atoms with E-state index in [0.717, 1.165) is 19.8 Å². The first-order chi connectivity index (χ1) is 8.00. The summed E-state index contributed by atoms with van der Waals surface area (Å²) in [5.74, 6) is -3.65. The Bertz CT molecular complexity index is 268. The third-order valence-corrected chi connectivity index (χ3v) is 2.81. The van der Waals surface area contributed by atoms with Gasteiger partial charge < -0.3 is 20.7 Å². The number of hydrogen-bond acceptors (Lipinski definition) is 5. The highest BCUT2D eigenvalue weighted by atomic mass is 16.5. The van der Waals surface area contributed by atoms with Gasteiger partial charge in [0.05, 0.1) is 19.3 Å². The number of carboxylic acid groups (broad SMARTS) is 2. The maximum absolute atomic E-state index is 9.10. The van der Waals surface area contributed by atoms with Crippen LogP contribution < -0.4 is 5.73 Å². The number of aliphatic carboxylic acids is 2. The Morgan fingerprint density at radius 3 is 2.18 bits per heavy atom. The Morgan fingerprint density at radius 2 is 1.82 bits per heavy atom. The Hall–Kier alpha value is -1.18. The fourth-order valence-electron chi connectivity index (χ4n) is 1.81. The molecule has 0 bridgehead atoms. The number of likely N-dealkylation sites (tertiary alicyclic amines) is 1. The van der Waals surface area contributed by atoms with E-state index in [9.17, 15) is 0 Å². The minimum atomic E-state index is -1.82. The number of rotatable bonds is 1. The molecule has 0 unspecified atom stereocenters. The third kappa shape index (κ3) is 4.68. The van der Waals surface area contributed by atoms with Crippen LogP contribution in [0.5, 0.6) is 0 Å². The summed E-state index contributed by atoms with van der Waals surface area (Å²) in [6, 6.07) is 1.09. The molecule has 0 saturated carbocycles. The van der Waals surface area contributed by atoms with Crippen molar-refractivity contribution in [3.63, 3.8) is 0 Å². The average molecular weight is 246 g/mol. The van der Waals surface area contributed by atoms with Crippen molar-refractivity contribution in [3.05, 3.63) is 0 Å². The van der Waals surface area contributed by atoms with Crippen LogP contribution >= 0.6 is 0 Å². The highest BCUT2D eigenvalue weighted by Crippen LogP contribution is 2.16. The maximum atomic E-state index is 9.10. The van der Waals surface area contributed by atoms with E-state index < -0.39 is 11.9 Å². The summed E-state index contributed by atoms with van der Waals surface area (Å²) in [6.07, 6.45) is 2.46. The van der Waals surface area contributed by atoms with E-state index in [1.54, 1.807) is 0 Å². The lowest BCUT2D eigenvalue weighted by atomic mass is 10.0. The lowest BCUT2D eigenvalue weighted by Crippen LogP contribution is -2.55. The van der Waals surface area contributed by atoms with Gasteiger partial charge in [0.1, 0.15) is 0 Å². The zero-order chi connectivity index (χ0) is 12.8. The fraction of sp³-hybridized carbons (Fsp3) is 0.800. The fourth-order valence-corrected chi connectivity index (χ4v) is 1.81. The zero-order valence-corrected chi connectivity index (χ0v) is 9.54. The number of hydrogen-bond donors (Lipinski definition) is 3. The van der Waals surface area contributed by atoms with E-state index in [-0.39, 0.29) is 0 Å². The largest absolute Gasteiger partial charge is 0.473 e. The average Bonchev–Trinajstić information content (AvgIpc) is 2.15. The molecule has 0 aromatic heterocycles. The van der Waals surface area contributed by atoms with Crippen LogP contribution in [-0.4, -0.2) is 65.4 Å². The van der Waals surface area contributed by atoms with Crippen molar-refractivity contribution in [1.82, 2.24) is 4.90 Å². The van der Waals surface area contributed by atoms with Crippen molar-refractivity contribution >= 4 is 11.9 Å². The number of carbonyl (C=O) groups is 2. The Morgan fingerprint density at radius 1 is 1.24 bits per heavy atom. The van der Waals surface area contributed by atoms with Gasteiger partial charge in [0.2, 0.25) is 0 Å². The highest BCUT2D eigenvalue weighted by Gasteiger charge is 2.28. The molecule has 2 aliphatic heterocycles. The quantitative estimate of drug-likeness (QED) is 0.507. The molecule has 2 saturated heterocycles. The second-order valence-corrected chi connectivity index (χ2v) is 4.20. The summed E-state index contributed by atoms with van der Waals surface area (Å²) in [5, 5.41) is 14.8. The molecule has 4 N–H and O–H groups in total. The molecular weight excluding hydrogens is 228 g/mol.